The second-order valence-electron chi connectivity index (χ2n) is 4.76. The Balaban J connectivity index is 2.87. The molecule has 0 aliphatic carbocycles. The Labute approximate surface area is 117 Å². The smallest absolute Gasteiger partial charge is 0.242 e. The minimum Gasteiger partial charge on any atom is -0.398 e. The van der Waals surface area contributed by atoms with Gasteiger partial charge in [-0.3, -0.25) is 0 Å². The number of benzene rings is 1. The average Bonchev–Trinajstić information content (AvgIpc) is 2.25. The number of hydrogen-bond donors (Lipinski definition) is 2. The van der Waals surface area contributed by atoms with Gasteiger partial charge in [0.25, 0.3) is 0 Å². The molecule has 18 heavy (non-hydrogen) atoms. The van der Waals surface area contributed by atoms with E-state index in [1.165, 1.54) is 6.07 Å². The van der Waals surface area contributed by atoms with E-state index in [9.17, 15) is 8.42 Å². The van der Waals surface area contributed by atoms with Crippen molar-refractivity contribution < 1.29 is 8.42 Å². The van der Waals surface area contributed by atoms with Gasteiger partial charge in [0.1, 0.15) is 4.90 Å². The maximum absolute atomic E-state index is 12.1. The first-order valence-electron chi connectivity index (χ1n) is 5.78. The predicted octanol–water partition coefficient (Wildman–Crippen LogP) is 2.60. The van der Waals surface area contributed by atoms with Crippen molar-refractivity contribution >= 4 is 31.6 Å². The lowest BCUT2D eigenvalue weighted by atomic mass is 9.99. The highest BCUT2D eigenvalue weighted by atomic mass is 79.9. The summed E-state index contributed by atoms with van der Waals surface area (Å²) < 4.78 is 27.5. The zero-order valence-corrected chi connectivity index (χ0v) is 13.2. The standard InChI is InChI=1S/C12H19BrN2O2S/c1-8(2)9(3)7-15-18(16,17)12-5-4-10(13)6-11(12)14/h4-6,8-9,15H,7,14H2,1-3H3. The number of hydrogen-bond acceptors (Lipinski definition) is 3. The molecule has 0 bridgehead atoms. The number of nitrogens with one attached hydrogen (secondary N) is 1. The van der Waals surface area contributed by atoms with E-state index in [-0.39, 0.29) is 16.5 Å². The van der Waals surface area contributed by atoms with Crippen LogP contribution < -0.4 is 10.5 Å². The Morgan fingerprint density at radius 1 is 1.33 bits per heavy atom. The van der Waals surface area contributed by atoms with Crippen LogP contribution in [-0.2, 0) is 10.0 Å². The van der Waals surface area contributed by atoms with Crippen LogP contribution in [0.25, 0.3) is 0 Å². The quantitative estimate of drug-likeness (QED) is 0.813. The summed E-state index contributed by atoms with van der Waals surface area (Å²) in [5.41, 5.74) is 5.97. The van der Waals surface area contributed by atoms with Crippen molar-refractivity contribution in [2.24, 2.45) is 11.8 Å². The van der Waals surface area contributed by atoms with E-state index < -0.39 is 10.0 Å². The van der Waals surface area contributed by atoms with Gasteiger partial charge in [0.05, 0.1) is 5.69 Å². The van der Waals surface area contributed by atoms with E-state index in [0.717, 1.165) is 4.47 Å². The number of halogens is 1. The molecule has 0 spiro atoms. The third-order valence-electron chi connectivity index (χ3n) is 2.99. The van der Waals surface area contributed by atoms with Gasteiger partial charge in [-0.05, 0) is 30.0 Å². The maximum atomic E-state index is 12.1. The first-order valence-corrected chi connectivity index (χ1v) is 8.06. The molecule has 1 aromatic carbocycles. The lowest BCUT2D eigenvalue weighted by molar-refractivity contribution is 0.414. The Morgan fingerprint density at radius 3 is 2.44 bits per heavy atom. The molecule has 0 aliphatic rings. The van der Waals surface area contributed by atoms with E-state index in [1.807, 2.05) is 6.92 Å². The summed E-state index contributed by atoms with van der Waals surface area (Å²) in [6.45, 7) is 6.55. The minimum atomic E-state index is -3.53. The zero-order valence-electron chi connectivity index (χ0n) is 10.8. The van der Waals surface area contributed by atoms with Gasteiger partial charge in [-0.1, -0.05) is 36.7 Å². The summed E-state index contributed by atoms with van der Waals surface area (Å²) >= 11 is 3.25. The van der Waals surface area contributed by atoms with Crippen molar-refractivity contribution in [3.63, 3.8) is 0 Å². The topological polar surface area (TPSA) is 72.2 Å². The lowest BCUT2D eigenvalue weighted by Crippen LogP contribution is -2.30. The number of sulfonamides is 1. The molecule has 6 heteroatoms. The van der Waals surface area contributed by atoms with Gasteiger partial charge in [-0.25, -0.2) is 13.1 Å². The Morgan fingerprint density at radius 2 is 1.94 bits per heavy atom. The van der Waals surface area contributed by atoms with Crippen molar-refractivity contribution in [2.75, 3.05) is 12.3 Å². The second-order valence-corrected chi connectivity index (χ2v) is 7.41. The third-order valence-corrected chi connectivity index (χ3v) is 4.99. The van der Waals surface area contributed by atoms with Crippen LogP contribution in [0.3, 0.4) is 0 Å². The van der Waals surface area contributed by atoms with Crippen LogP contribution in [0.5, 0.6) is 0 Å². The van der Waals surface area contributed by atoms with Crippen LogP contribution in [0.15, 0.2) is 27.6 Å². The molecule has 4 nitrogen and oxygen atoms in total. The van der Waals surface area contributed by atoms with Crippen LogP contribution in [0.2, 0.25) is 0 Å². The van der Waals surface area contributed by atoms with Gasteiger partial charge < -0.3 is 5.73 Å². The fourth-order valence-electron chi connectivity index (χ4n) is 1.32. The third kappa shape index (κ3) is 3.96. The molecule has 0 saturated carbocycles. The molecule has 0 fully saturated rings. The van der Waals surface area contributed by atoms with Crippen LogP contribution in [0.4, 0.5) is 5.69 Å². The summed E-state index contributed by atoms with van der Waals surface area (Å²) in [6, 6.07) is 4.75. The Bertz CT molecular complexity index is 515. The van der Waals surface area contributed by atoms with Crippen LogP contribution in [0.1, 0.15) is 20.8 Å². The first-order chi connectivity index (χ1) is 8.24. The average molecular weight is 335 g/mol. The highest BCUT2D eigenvalue weighted by Gasteiger charge is 2.19. The normalized spacial score (nSPS) is 13.8. The summed E-state index contributed by atoms with van der Waals surface area (Å²) in [4.78, 5) is 0.127. The van der Waals surface area contributed by atoms with Gasteiger partial charge in [-0.2, -0.15) is 0 Å². The van der Waals surface area contributed by atoms with E-state index >= 15 is 0 Å². The highest BCUT2D eigenvalue weighted by Crippen LogP contribution is 2.22. The van der Waals surface area contributed by atoms with Gasteiger partial charge >= 0.3 is 0 Å². The molecule has 0 heterocycles. The van der Waals surface area contributed by atoms with Gasteiger partial charge in [-0.15, -0.1) is 0 Å². The fraction of sp³-hybridized carbons (Fsp3) is 0.500. The molecule has 1 rings (SSSR count). The highest BCUT2D eigenvalue weighted by molar-refractivity contribution is 9.10. The molecule has 0 radical (unpaired) electrons. The Kier molecular flexibility index (Phi) is 5.19. The largest absolute Gasteiger partial charge is 0.398 e. The van der Waals surface area contributed by atoms with Crippen LogP contribution in [0, 0.1) is 11.8 Å². The molecule has 0 aliphatic heterocycles. The summed E-state index contributed by atoms with van der Waals surface area (Å²) in [5, 5.41) is 0. The van der Waals surface area contributed by atoms with Crippen molar-refractivity contribution in [3.8, 4) is 0 Å². The van der Waals surface area contributed by atoms with E-state index in [4.69, 9.17) is 5.73 Å². The molecule has 1 atom stereocenters. The molecule has 0 aromatic heterocycles. The number of nitrogens with two attached hydrogens (primary N) is 1. The van der Waals surface area contributed by atoms with Crippen LogP contribution >= 0.6 is 15.9 Å². The number of nitrogen functional groups attached to an aromatic ring is 1. The van der Waals surface area contributed by atoms with Crippen molar-refractivity contribution in [3.05, 3.63) is 22.7 Å². The lowest BCUT2D eigenvalue weighted by Gasteiger charge is -2.16. The zero-order chi connectivity index (χ0) is 13.9. The second kappa shape index (κ2) is 6.04. The summed E-state index contributed by atoms with van der Waals surface area (Å²) in [6.07, 6.45) is 0. The van der Waals surface area contributed by atoms with Crippen molar-refractivity contribution in [1.82, 2.24) is 4.72 Å². The maximum Gasteiger partial charge on any atom is 0.242 e. The minimum absolute atomic E-state index is 0.127. The van der Waals surface area contributed by atoms with E-state index in [1.54, 1.807) is 12.1 Å². The number of anilines is 1. The first kappa shape index (κ1) is 15.5. The fourth-order valence-corrected chi connectivity index (χ4v) is 2.95. The van der Waals surface area contributed by atoms with Gasteiger partial charge in [0, 0.05) is 11.0 Å². The predicted molar refractivity (Wildman–Crippen MR) is 77.7 cm³/mol. The molecular formula is C12H19BrN2O2S. The van der Waals surface area contributed by atoms with Gasteiger partial charge in [0.2, 0.25) is 10.0 Å². The molecule has 1 aromatic rings. The molecular weight excluding hydrogens is 316 g/mol. The molecule has 1 unspecified atom stereocenters. The van der Waals surface area contributed by atoms with Crippen molar-refractivity contribution in [1.29, 1.82) is 0 Å². The monoisotopic (exact) mass is 334 g/mol. The Hall–Kier alpha value is -0.590. The summed E-state index contributed by atoms with van der Waals surface area (Å²) in [5.74, 6) is 0.700. The van der Waals surface area contributed by atoms with E-state index in [0.29, 0.717) is 12.5 Å². The van der Waals surface area contributed by atoms with Gasteiger partial charge in [0.15, 0.2) is 0 Å². The molecule has 3 N–H and O–H groups in total. The summed E-state index contributed by atoms with van der Waals surface area (Å²) in [7, 11) is -3.53. The SMILES string of the molecule is CC(C)C(C)CNS(=O)(=O)c1ccc(Br)cc1N. The van der Waals surface area contributed by atoms with Crippen molar-refractivity contribution in [2.45, 2.75) is 25.7 Å². The molecule has 0 amide bonds. The van der Waals surface area contributed by atoms with E-state index in [2.05, 4.69) is 34.5 Å². The van der Waals surface area contributed by atoms with Crippen LogP contribution in [-0.4, -0.2) is 15.0 Å². The number of rotatable bonds is 5. The molecule has 0 saturated heterocycles. The molecule has 102 valence electrons.